The van der Waals surface area contributed by atoms with Crippen LogP contribution in [0.15, 0.2) is 0 Å². The van der Waals surface area contributed by atoms with Gasteiger partial charge in [0.05, 0.1) is 0 Å². The van der Waals surface area contributed by atoms with E-state index in [9.17, 15) is 4.79 Å². The Balaban J connectivity index is 2.10. The summed E-state index contributed by atoms with van der Waals surface area (Å²) in [6, 6.07) is 0. The molecule has 0 heterocycles. The van der Waals surface area contributed by atoms with Crippen molar-refractivity contribution < 1.29 is 4.79 Å². The molecule has 1 fully saturated rings. The van der Waals surface area contributed by atoms with Gasteiger partial charge in [-0.25, -0.2) is 0 Å². The molecule has 0 spiro atoms. The van der Waals surface area contributed by atoms with E-state index in [0.29, 0.717) is 11.7 Å². The standard InChI is InChI=1S/C13H25NO/c1-11(2)7-9-14(3)10-8-12-5-4-6-13(12)15/h11-12H,4-10H2,1-3H3. The van der Waals surface area contributed by atoms with Crippen LogP contribution in [0.3, 0.4) is 0 Å². The van der Waals surface area contributed by atoms with Crippen molar-refractivity contribution in [3.63, 3.8) is 0 Å². The number of Topliss-reactive ketones (excluding diaryl/α,β-unsaturated/α-hetero) is 1. The van der Waals surface area contributed by atoms with E-state index in [2.05, 4.69) is 25.8 Å². The zero-order chi connectivity index (χ0) is 11.3. The second kappa shape index (κ2) is 6.26. The molecule has 2 heteroatoms. The van der Waals surface area contributed by atoms with E-state index in [1.807, 2.05) is 0 Å². The van der Waals surface area contributed by atoms with Crippen LogP contribution < -0.4 is 0 Å². The van der Waals surface area contributed by atoms with Crippen molar-refractivity contribution in [3.05, 3.63) is 0 Å². The number of carbonyl (C=O) groups is 1. The number of hydrogen-bond acceptors (Lipinski definition) is 2. The lowest BCUT2D eigenvalue weighted by molar-refractivity contribution is -0.120. The lowest BCUT2D eigenvalue weighted by Crippen LogP contribution is -2.24. The van der Waals surface area contributed by atoms with Gasteiger partial charge >= 0.3 is 0 Å². The van der Waals surface area contributed by atoms with Crippen LogP contribution in [0.25, 0.3) is 0 Å². The second-order valence-electron chi connectivity index (χ2n) is 5.33. The first-order valence-electron chi connectivity index (χ1n) is 6.31. The number of ketones is 1. The largest absolute Gasteiger partial charge is 0.306 e. The van der Waals surface area contributed by atoms with Crippen LogP contribution in [0.4, 0.5) is 0 Å². The predicted octanol–water partition coefficient (Wildman–Crippen LogP) is 2.72. The maximum absolute atomic E-state index is 11.4. The summed E-state index contributed by atoms with van der Waals surface area (Å²) in [5, 5.41) is 0. The Morgan fingerprint density at radius 2 is 2.13 bits per heavy atom. The Hall–Kier alpha value is -0.370. The molecule has 88 valence electrons. The fourth-order valence-corrected chi connectivity index (χ4v) is 2.16. The molecule has 1 rings (SSSR count). The van der Waals surface area contributed by atoms with Crippen LogP contribution in [0.5, 0.6) is 0 Å². The van der Waals surface area contributed by atoms with Crippen molar-refractivity contribution in [2.24, 2.45) is 11.8 Å². The molecule has 2 nitrogen and oxygen atoms in total. The van der Waals surface area contributed by atoms with Gasteiger partial charge in [-0.2, -0.15) is 0 Å². The van der Waals surface area contributed by atoms with Gasteiger partial charge in [0.25, 0.3) is 0 Å². The number of rotatable bonds is 6. The molecule has 15 heavy (non-hydrogen) atoms. The van der Waals surface area contributed by atoms with Crippen molar-refractivity contribution in [1.82, 2.24) is 4.90 Å². The molecule has 1 aliphatic rings. The van der Waals surface area contributed by atoms with Crippen LogP contribution in [0.1, 0.15) is 46.0 Å². The smallest absolute Gasteiger partial charge is 0.136 e. The summed E-state index contributed by atoms with van der Waals surface area (Å²) in [4.78, 5) is 13.8. The third kappa shape index (κ3) is 4.78. The summed E-state index contributed by atoms with van der Waals surface area (Å²) in [7, 11) is 2.17. The minimum Gasteiger partial charge on any atom is -0.306 e. The van der Waals surface area contributed by atoms with Gasteiger partial charge in [-0.05, 0) is 51.7 Å². The molecule has 0 aromatic carbocycles. The van der Waals surface area contributed by atoms with Crippen LogP contribution in [-0.4, -0.2) is 30.8 Å². The SMILES string of the molecule is CC(C)CCN(C)CCC1CCCC1=O. The predicted molar refractivity (Wildman–Crippen MR) is 63.9 cm³/mol. The monoisotopic (exact) mass is 211 g/mol. The topological polar surface area (TPSA) is 20.3 Å². The van der Waals surface area contributed by atoms with Gasteiger partial charge in [0.2, 0.25) is 0 Å². The quantitative estimate of drug-likeness (QED) is 0.673. The van der Waals surface area contributed by atoms with E-state index in [0.717, 1.165) is 38.1 Å². The average Bonchev–Trinajstić information content (AvgIpc) is 2.58. The molecule has 0 aromatic rings. The van der Waals surface area contributed by atoms with E-state index < -0.39 is 0 Å². The Labute approximate surface area is 94.0 Å². The Morgan fingerprint density at radius 3 is 2.67 bits per heavy atom. The Bertz CT molecular complexity index is 201. The molecule has 0 amide bonds. The number of hydrogen-bond donors (Lipinski definition) is 0. The van der Waals surface area contributed by atoms with Crippen molar-refractivity contribution in [3.8, 4) is 0 Å². The highest BCUT2D eigenvalue weighted by Crippen LogP contribution is 2.24. The molecule has 0 radical (unpaired) electrons. The van der Waals surface area contributed by atoms with Crippen molar-refractivity contribution in [2.45, 2.75) is 46.0 Å². The molecule has 1 unspecified atom stereocenters. The third-order valence-corrected chi connectivity index (χ3v) is 3.38. The van der Waals surface area contributed by atoms with Crippen LogP contribution >= 0.6 is 0 Å². The van der Waals surface area contributed by atoms with E-state index >= 15 is 0 Å². The van der Waals surface area contributed by atoms with Crippen molar-refractivity contribution >= 4 is 5.78 Å². The van der Waals surface area contributed by atoms with Crippen molar-refractivity contribution in [1.29, 1.82) is 0 Å². The zero-order valence-corrected chi connectivity index (χ0v) is 10.5. The highest BCUT2D eigenvalue weighted by molar-refractivity contribution is 5.82. The summed E-state index contributed by atoms with van der Waals surface area (Å²) in [5.74, 6) is 1.67. The lowest BCUT2D eigenvalue weighted by Gasteiger charge is -2.19. The van der Waals surface area contributed by atoms with Gasteiger partial charge in [-0.1, -0.05) is 13.8 Å². The molecule has 0 saturated heterocycles. The van der Waals surface area contributed by atoms with Gasteiger partial charge in [-0.15, -0.1) is 0 Å². The second-order valence-corrected chi connectivity index (χ2v) is 5.33. The van der Waals surface area contributed by atoms with Gasteiger partial charge in [0, 0.05) is 12.3 Å². The van der Waals surface area contributed by atoms with Gasteiger partial charge in [-0.3, -0.25) is 4.79 Å². The summed E-state index contributed by atoms with van der Waals surface area (Å²) in [6.07, 6.45) is 5.43. The highest BCUT2D eigenvalue weighted by Gasteiger charge is 2.23. The maximum atomic E-state index is 11.4. The lowest BCUT2D eigenvalue weighted by atomic mass is 10.0. The Kier molecular flexibility index (Phi) is 5.30. The van der Waals surface area contributed by atoms with Crippen LogP contribution in [0, 0.1) is 11.8 Å². The molecule has 0 aliphatic heterocycles. The molecule has 1 aliphatic carbocycles. The van der Waals surface area contributed by atoms with E-state index in [4.69, 9.17) is 0 Å². The fraction of sp³-hybridized carbons (Fsp3) is 0.923. The summed E-state index contributed by atoms with van der Waals surface area (Å²) in [6.45, 7) is 6.77. The fourth-order valence-electron chi connectivity index (χ4n) is 2.16. The van der Waals surface area contributed by atoms with Gasteiger partial charge in [0.15, 0.2) is 0 Å². The minimum absolute atomic E-state index is 0.381. The van der Waals surface area contributed by atoms with Crippen LogP contribution in [0.2, 0.25) is 0 Å². The average molecular weight is 211 g/mol. The summed E-state index contributed by atoms with van der Waals surface area (Å²) >= 11 is 0. The first-order valence-corrected chi connectivity index (χ1v) is 6.31. The normalized spacial score (nSPS) is 21.9. The molecule has 1 saturated carbocycles. The third-order valence-electron chi connectivity index (χ3n) is 3.38. The summed E-state index contributed by atoms with van der Waals surface area (Å²) in [5.41, 5.74) is 0. The first kappa shape index (κ1) is 12.7. The van der Waals surface area contributed by atoms with Gasteiger partial charge in [0.1, 0.15) is 5.78 Å². The minimum atomic E-state index is 0.381. The van der Waals surface area contributed by atoms with E-state index in [1.165, 1.54) is 13.0 Å². The molecule has 0 aromatic heterocycles. The zero-order valence-electron chi connectivity index (χ0n) is 10.5. The number of nitrogens with zero attached hydrogens (tertiary/aromatic N) is 1. The van der Waals surface area contributed by atoms with E-state index in [-0.39, 0.29) is 0 Å². The highest BCUT2D eigenvalue weighted by atomic mass is 16.1. The first-order chi connectivity index (χ1) is 7.09. The molecular weight excluding hydrogens is 186 g/mol. The molecule has 0 N–H and O–H groups in total. The van der Waals surface area contributed by atoms with Crippen LogP contribution in [-0.2, 0) is 4.79 Å². The molecule has 0 bridgehead atoms. The van der Waals surface area contributed by atoms with Gasteiger partial charge < -0.3 is 4.90 Å². The maximum Gasteiger partial charge on any atom is 0.136 e. The Morgan fingerprint density at radius 1 is 1.40 bits per heavy atom. The summed E-state index contributed by atoms with van der Waals surface area (Å²) < 4.78 is 0. The van der Waals surface area contributed by atoms with E-state index in [1.54, 1.807) is 0 Å². The number of carbonyl (C=O) groups excluding carboxylic acids is 1. The van der Waals surface area contributed by atoms with Crippen molar-refractivity contribution in [2.75, 3.05) is 20.1 Å². The molecule has 1 atom stereocenters. The molecular formula is C13H25NO.